The maximum atomic E-state index is 9.99. The molecule has 0 saturated heterocycles. The summed E-state index contributed by atoms with van der Waals surface area (Å²) in [5, 5.41) is 10.2. The van der Waals surface area contributed by atoms with Crippen molar-refractivity contribution in [2.45, 2.75) is 155 Å². The monoisotopic (exact) mass is 488 g/mol. The van der Waals surface area contributed by atoms with Crippen LogP contribution in [0.5, 0.6) is 0 Å². The van der Waals surface area contributed by atoms with Crippen molar-refractivity contribution in [1.82, 2.24) is 0 Å². The molecule has 3 heteroatoms. The van der Waals surface area contributed by atoms with Gasteiger partial charge in [-0.2, -0.15) is 0 Å². The van der Waals surface area contributed by atoms with Crippen LogP contribution < -0.4 is 0 Å². The van der Waals surface area contributed by atoms with Crippen LogP contribution in [0.2, 0.25) is 18.1 Å². The van der Waals surface area contributed by atoms with E-state index in [-0.39, 0.29) is 5.04 Å². The Morgan fingerprint density at radius 2 is 1.26 bits per heavy atom. The molecule has 0 saturated carbocycles. The summed E-state index contributed by atoms with van der Waals surface area (Å²) in [6.07, 6.45) is 24.6. The van der Waals surface area contributed by atoms with E-state index in [0.717, 1.165) is 12.8 Å². The molecule has 0 aromatic rings. The summed E-state index contributed by atoms with van der Waals surface area (Å²) in [5.74, 6) is 11.4. The standard InChI is InChI=1S/C31H56O2Si/c1-7-8-9-10-11-12-13-14-15-16-17-18-19-20-21-22-24-27-30(32)28-25-23-26-29-33-34(5,6)31(2,3)4/h14-15,30,32H,7-13,16-22,24,27,29H2,1-6H3/b15-14-/t30-/m1/s1. The Morgan fingerprint density at radius 3 is 1.79 bits per heavy atom. The highest BCUT2D eigenvalue weighted by Gasteiger charge is 2.36. The van der Waals surface area contributed by atoms with Gasteiger partial charge < -0.3 is 9.53 Å². The highest BCUT2D eigenvalue weighted by Crippen LogP contribution is 2.36. The van der Waals surface area contributed by atoms with Crippen LogP contribution in [-0.4, -0.2) is 26.1 Å². The second kappa shape index (κ2) is 21.3. The molecule has 1 N–H and O–H groups in total. The Morgan fingerprint density at radius 1 is 0.765 bits per heavy atom. The number of aliphatic hydroxyl groups is 1. The van der Waals surface area contributed by atoms with Gasteiger partial charge in [0, 0.05) is 0 Å². The Balaban J connectivity index is 3.56. The Hall–Kier alpha value is -1.00. The van der Waals surface area contributed by atoms with Gasteiger partial charge in [-0.15, -0.1) is 0 Å². The molecule has 0 amide bonds. The third-order valence-electron chi connectivity index (χ3n) is 6.94. The molecule has 0 aromatic carbocycles. The van der Waals surface area contributed by atoms with Gasteiger partial charge in [0.1, 0.15) is 6.10 Å². The maximum Gasteiger partial charge on any atom is 0.193 e. The summed E-state index contributed by atoms with van der Waals surface area (Å²) in [4.78, 5) is 0. The lowest BCUT2D eigenvalue weighted by molar-refractivity contribution is 0.217. The van der Waals surface area contributed by atoms with Gasteiger partial charge in [0.05, 0.1) is 6.61 Å². The van der Waals surface area contributed by atoms with Crippen LogP contribution in [0.4, 0.5) is 0 Å². The molecule has 0 fully saturated rings. The number of hydrogen-bond acceptors (Lipinski definition) is 2. The second-order valence-electron chi connectivity index (χ2n) is 11.2. The minimum absolute atomic E-state index is 0.195. The van der Waals surface area contributed by atoms with E-state index in [2.05, 4.69) is 76.6 Å². The first-order chi connectivity index (χ1) is 16.2. The van der Waals surface area contributed by atoms with E-state index in [1.165, 1.54) is 89.9 Å². The van der Waals surface area contributed by atoms with Gasteiger partial charge in [0.2, 0.25) is 0 Å². The molecule has 0 unspecified atom stereocenters. The van der Waals surface area contributed by atoms with Gasteiger partial charge in [-0.25, -0.2) is 0 Å². The molecule has 0 heterocycles. The van der Waals surface area contributed by atoms with Gasteiger partial charge >= 0.3 is 0 Å². The molecule has 0 radical (unpaired) electrons. The summed E-state index contributed by atoms with van der Waals surface area (Å²) >= 11 is 0. The molecule has 0 aliphatic carbocycles. The molecule has 0 aliphatic rings. The fraction of sp³-hybridized carbons (Fsp3) is 0.806. The molecule has 0 spiro atoms. The van der Waals surface area contributed by atoms with Crippen molar-refractivity contribution < 1.29 is 9.53 Å². The second-order valence-corrected chi connectivity index (χ2v) is 16.0. The fourth-order valence-electron chi connectivity index (χ4n) is 3.47. The average molecular weight is 489 g/mol. The zero-order valence-corrected chi connectivity index (χ0v) is 24.6. The highest BCUT2D eigenvalue weighted by molar-refractivity contribution is 6.74. The molecule has 1 atom stereocenters. The largest absolute Gasteiger partial charge is 0.406 e. The lowest BCUT2D eigenvalue weighted by atomic mass is 10.1. The van der Waals surface area contributed by atoms with E-state index in [9.17, 15) is 5.11 Å². The summed E-state index contributed by atoms with van der Waals surface area (Å²) in [6, 6.07) is 0. The number of allylic oxidation sites excluding steroid dienone is 2. The molecule has 0 aliphatic heterocycles. The topological polar surface area (TPSA) is 29.5 Å². The zero-order chi connectivity index (χ0) is 25.5. The highest BCUT2D eigenvalue weighted by atomic mass is 28.4. The smallest absolute Gasteiger partial charge is 0.193 e. The Labute approximate surface area is 214 Å². The van der Waals surface area contributed by atoms with Crippen molar-refractivity contribution in [3.63, 3.8) is 0 Å². The Bertz CT molecular complexity index is 622. The lowest BCUT2D eigenvalue weighted by Gasteiger charge is -2.35. The minimum atomic E-state index is -1.74. The van der Waals surface area contributed by atoms with Crippen molar-refractivity contribution in [3.05, 3.63) is 12.2 Å². The molecular weight excluding hydrogens is 432 g/mol. The molecule has 196 valence electrons. The predicted octanol–water partition coefficient (Wildman–Crippen LogP) is 9.19. The third-order valence-corrected chi connectivity index (χ3v) is 11.4. The molecule has 0 rings (SSSR count). The first-order valence-corrected chi connectivity index (χ1v) is 17.1. The number of hydrogen-bond donors (Lipinski definition) is 1. The SMILES string of the molecule is CCCCCCCC/C=C\CCCCCCCCC[C@@H](O)C#CC#CCO[Si](C)(C)C(C)(C)C. The van der Waals surface area contributed by atoms with Crippen LogP contribution >= 0.6 is 0 Å². The number of rotatable bonds is 19. The first kappa shape index (κ1) is 33.0. The molecular formula is C31H56O2Si. The van der Waals surface area contributed by atoms with Gasteiger partial charge in [-0.3, -0.25) is 0 Å². The van der Waals surface area contributed by atoms with Crippen LogP contribution in [0.3, 0.4) is 0 Å². The fourth-order valence-corrected chi connectivity index (χ4v) is 4.33. The molecule has 0 bridgehead atoms. The Kier molecular flexibility index (Phi) is 20.7. The van der Waals surface area contributed by atoms with Crippen molar-refractivity contribution >= 4 is 8.32 Å². The number of aliphatic hydroxyl groups excluding tert-OH is 1. The maximum absolute atomic E-state index is 9.99. The van der Waals surface area contributed by atoms with Gasteiger partial charge in [-0.1, -0.05) is 116 Å². The van der Waals surface area contributed by atoms with Crippen molar-refractivity contribution in [2.75, 3.05) is 6.61 Å². The summed E-state index contributed by atoms with van der Waals surface area (Å²) in [6.45, 7) is 13.8. The van der Waals surface area contributed by atoms with E-state index in [0.29, 0.717) is 6.61 Å². The van der Waals surface area contributed by atoms with Crippen molar-refractivity contribution in [1.29, 1.82) is 0 Å². The van der Waals surface area contributed by atoms with Crippen LogP contribution in [-0.2, 0) is 4.43 Å². The van der Waals surface area contributed by atoms with Gasteiger partial charge in [-0.05, 0) is 68.5 Å². The minimum Gasteiger partial charge on any atom is -0.406 e. The van der Waals surface area contributed by atoms with Crippen LogP contribution in [0.1, 0.15) is 130 Å². The van der Waals surface area contributed by atoms with Gasteiger partial charge in [0.15, 0.2) is 8.32 Å². The van der Waals surface area contributed by atoms with E-state index in [1.807, 2.05) is 0 Å². The third kappa shape index (κ3) is 20.4. The lowest BCUT2D eigenvalue weighted by Crippen LogP contribution is -2.40. The van der Waals surface area contributed by atoms with E-state index < -0.39 is 14.4 Å². The first-order valence-electron chi connectivity index (χ1n) is 14.2. The average Bonchev–Trinajstić information content (AvgIpc) is 2.77. The number of unbranched alkanes of at least 4 members (excludes halogenated alkanes) is 13. The quantitative estimate of drug-likeness (QED) is 0.0849. The van der Waals surface area contributed by atoms with Crippen LogP contribution in [0.15, 0.2) is 12.2 Å². The van der Waals surface area contributed by atoms with E-state index >= 15 is 0 Å². The van der Waals surface area contributed by atoms with E-state index in [4.69, 9.17) is 4.43 Å². The van der Waals surface area contributed by atoms with Crippen molar-refractivity contribution in [3.8, 4) is 23.7 Å². The molecule has 34 heavy (non-hydrogen) atoms. The van der Waals surface area contributed by atoms with Gasteiger partial charge in [0.25, 0.3) is 0 Å². The van der Waals surface area contributed by atoms with E-state index in [1.54, 1.807) is 0 Å². The van der Waals surface area contributed by atoms with Crippen LogP contribution in [0.25, 0.3) is 0 Å². The summed E-state index contributed by atoms with van der Waals surface area (Å²) in [7, 11) is -1.74. The normalized spacial score (nSPS) is 12.8. The molecule has 2 nitrogen and oxygen atoms in total. The van der Waals surface area contributed by atoms with Crippen molar-refractivity contribution in [2.24, 2.45) is 0 Å². The van der Waals surface area contributed by atoms with Crippen LogP contribution in [0, 0.1) is 23.7 Å². The summed E-state index contributed by atoms with van der Waals surface area (Å²) < 4.78 is 6.00. The predicted molar refractivity (Wildman–Crippen MR) is 153 cm³/mol. The zero-order valence-electron chi connectivity index (χ0n) is 23.6. The molecule has 0 aromatic heterocycles. The summed E-state index contributed by atoms with van der Waals surface area (Å²) in [5.41, 5.74) is 0.